The zero-order valence-electron chi connectivity index (χ0n) is 21.1. The number of nitrogens with zero attached hydrogens (tertiary/aromatic N) is 5. The highest BCUT2D eigenvalue weighted by molar-refractivity contribution is 5.91. The fraction of sp³-hybridized carbons (Fsp3) is 0.148. The first-order chi connectivity index (χ1) is 19.8. The molecule has 216 valence electrons. The van der Waals surface area contributed by atoms with E-state index >= 15 is 0 Å². The van der Waals surface area contributed by atoms with Gasteiger partial charge in [-0.25, -0.2) is 24.1 Å². The highest BCUT2D eigenvalue weighted by atomic mass is 19.4. The predicted octanol–water partition coefficient (Wildman–Crippen LogP) is 5.75. The van der Waals surface area contributed by atoms with E-state index in [2.05, 4.69) is 32.3 Å². The standard InChI is InChI=1S/C25H17F3N6O.C2HF3O2/c26-25(27,28)19-9-7-18(8-10-19)22-12-14-31-34(22)24(35)32-20-4-1-3-17(15-20)6-11-21-16-29-23-5-2-13-30-33(21)23;3-2(4,5)1(6)7/h1-5,7-10,13-16,22H,12H2,(H,32,35);(H,6,7). The van der Waals surface area contributed by atoms with Gasteiger partial charge < -0.3 is 10.4 Å². The number of nitrogens with one attached hydrogen (secondary N) is 1. The number of amides is 2. The Hall–Kier alpha value is -5.39. The van der Waals surface area contributed by atoms with Gasteiger partial charge in [-0.15, -0.1) is 0 Å². The SMILES string of the molecule is O=C(Nc1cccc(C#Cc2cnc3cccnn23)c1)N1N=CCC1c1ccc(C(F)(F)F)cc1.O=C(O)C(F)(F)F. The lowest BCUT2D eigenvalue weighted by molar-refractivity contribution is -0.192. The Bertz CT molecular complexity index is 1690. The molecule has 2 aromatic carbocycles. The van der Waals surface area contributed by atoms with Crippen LogP contribution in [0.25, 0.3) is 5.65 Å². The minimum Gasteiger partial charge on any atom is -0.475 e. The number of aromatic nitrogens is 3. The van der Waals surface area contributed by atoms with E-state index in [1.165, 1.54) is 17.1 Å². The van der Waals surface area contributed by atoms with Crippen molar-refractivity contribution >= 4 is 29.5 Å². The van der Waals surface area contributed by atoms with Gasteiger partial charge in [0.2, 0.25) is 0 Å². The monoisotopic (exact) mass is 588 g/mol. The van der Waals surface area contributed by atoms with E-state index in [0.29, 0.717) is 34.6 Å². The van der Waals surface area contributed by atoms with Gasteiger partial charge in [0.15, 0.2) is 5.65 Å². The fourth-order valence-corrected chi connectivity index (χ4v) is 3.69. The molecule has 0 radical (unpaired) electrons. The number of hydrazone groups is 1. The van der Waals surface area contributed by atoms with E-state index in [0.717, 1.165) is 12.1 Å². The number of carboxylic acids is 1. The first kappa shape index (κ1) is 29.6. The van der Waals surface area contributed by atoms with Gasteiger partial charge in [0.1, 0.15) is 5.69 Å². The molecule has 5 rings (SSSR count). The van der Waals surface area contributed by atoms with Crippen molar-refractivity contribution in [2.75, 3.05) is 5.32 Å². The average Bonchev–Trinajstić information content (AvgIpc) is 3.59. The van der Waals surface area contributed by atoms with Crippen LogP contribution in [-0.2, 0) is 11.0 Å². The molecule has 0 spiro atoms. The quantitative estimate of drug-likeness (QED) is 0.229. The van der Waals surface area contributed by atoms with Crippen LogP contribution in [0.5, 0.6) is 0 Å². The normalized spacial score (nSPS) is 14.5. The number of hydrogen-bond acceptors (Lipinski definition) is 5. The average molecular weight is 588 g/mol. The Morgan fingerprint density at radius 1 is 0.976 bits per heavy atom. The number of hydrogen-bond donors (Lipinski definition) is 2. The van der Waals surface area contributed by atoms with Gasteiger partial charge in [0.25, 0.3) is 0 Å². The highest BCUT2D eigenvalue weighted by Gasteiger charge is 2.38. The molecule has 4 aromatic rings. The molecule has 3 heterocycles. The van der Waals surface area contributed by atoms with E-state index in [4.69, 9.17) is 9.90 Å². The van der Waals surface area contributed by atoms with E-state index in [1.807, 2.05) is 6.07 Å². The summed E-state index contributed by atoms with van der Waals surface area (Å²) < 4.78 is 72.0. The molecule has 0 aliphatic carbocycles. The molecule has 9 nitrogen and oxygen atoms in total. The van der Waals surface area contributed by atoms with Crippen LogP contribution in [0.15, 0.2) is 78.2 Å². The molecule has 42 heavy (non-hydrogen) atoms. The Labute approximate surface area is 233 Å². The first-order valence-corrected chi connectivity index (χ1v) is 11.8. The number of halogens is 6. The van der Waals surface area contributed by atoms with Crippen LogP contribution in [0.2, 0.25) is 0 Å². The maximum Gasteiger partial charge on any atom is 0.490 e. The summed E-state index contributed by atoms with van der Waals surface area (Å²) >= 11 is 0. The molecule has 2 amide bonds. The minimum atomic E-state index is -5.08. The maximum absolute atomic E-state index is 12.9. The molecule has 1 aliphatic rings. The lowest BCUT2D eigenvalue weighted by Gasteiger charge is -2.23. The summed E-state index contributed by atoms with van der Waals surface area (Å²) in [6.07, 6.45) is -4.26. The molecule has 0 fully saturated rings. The third-order valence-electron chi connectivity index (χ3n) is 5.63. The summed E-state index contributed by atoms with van der Waals surface area (Å²) in [7, 11) is 0. The number of fused-ring (bicyclic) bond motifs is 1. The van der Waals surface area contributed by atoms with E-state index in [1.54, 1.807) is 53.5 Å². The van der Waals surface area contributed by atoms with Gasteiger partial charge in [0, 0.05) is 30.1 Å². The van der Waals surface area contributed by atoms with Crippen molar-refractivity contribution in [3.8, 4) is 11.8 Å². The Morgan fingerprint density at radius 2 is 1.69 bits per heavy atom. The van der Waals surface area contributed by atoms with E-state index in [-0.39, 0.29) is 0 Å². The number of anilines is 1. The van der Waals surface area contributed by atoms with Crippen LogP contribution in [0.1, 0.15) is 34.8 Å². The Kier molecular flexibility index (Phi) is 8.46. The summed E-state index contributed by atoms with van der Waals surface area (Å²) in [5.74, 6) is 3.30. The predicted molar refractivity (Wildman–Crippen MR) is 137 cm³/mol. The molecule has 1 unspecified atom stereocenters. The van der Waals surface area contributed by atoms with Crippen molar-refractivity contribution in [1.82, 2.24) is 19.6 Å². The van der Waals surface area contributed by atoms with E-state index < -0.39 is 36.0 Å². The van der Waals surface area contributed by atoms with Gasteiger partial charge in [-0.2, -0.15) is 36.5 Å². The highest BCUT2D eigenvalue weighted by Crippen LogP contribution is 2.33. The van der Waals surface area contributed by atoms with Crippen molar-refractivity contribution in [2.24, 2.45) is 5.10 Å². The second kappa shape index (κ2) is 12.0. The number of urea groups is 1. The summed E-state index contributed by atoms with van der Waals surface area (Å²) in [4.78, 5) is 26.0. The molecule has 15 heteroatoms. The third-order valence-corrected chi connectivity index (χ3v) is 5.63. The zero-order valence-corrected chi connectivity index (χ0v) is 21.1. The van der Waals surface area contributed by atoms with Crippen LogP contribution >= 0.6 is 0 Å². The molecule has 2 aromatic heterocycles. The molecule has 0 saturated carbocycles. The zero-order chi connectivity index (χ0) is 30.5. The molecule has 0 bridgehead atoms. The number of alkyl halides is 6. The number of carbonyl (C=O) groups is 2. The largest absolute Gasteiger partial charge is 0.490 e. The van der Waals surface area contributed by atoms with Crippen LogP contribution in [0.3, 0.4) is 0 Å². The van der Waals surface area contributed by atoms with Crippen molar-refractivity contribution in [3.05, 3.63) is 95.4 Å². The van der Waals surface area contributed by atoms with E-state index in [9.17, 15) is 31.1 Å². The van der Waals surface area contributed by atoms with Gasteiger partial charge in [0.05, 0.1) is 17.8 Å². The molecule has 0 saturated heterocycles. The van der Waals surface area contributed by atoms with Crippen molar-refractivity contribution in [2.45, 2.75) is 24.8 Å². The topological polar surface area (TPSA) is 112 Å². The molecule has 1 atom stereocenters. The Morgan fingerprint density at radius 3 is 2.36 bits per heavy atom. The van der Waals surface area contributed by atoms with Crippen molar-refractivity contribution < 1.29 is 41.0 Å². The van der Waals surface area contributed by atoms with Gasteiger partial charge >= 0.3 is 24.4 Å². The van der Waals surface area contributed by atoms with Crippen molar-refractivity contribution in [3.63, 3.8) is 0 Å². The number of carbonyl (C=O) groups excluding carboxylic acids is 1. The first-order valence-electron chi connectivity index (χ1n) is 11.8. The van der Waals surface area contributed by atoms with Gasteiger partial charge in [-0.05, 0) is 53.9 Å². The molecular formula is C27H18F6N6O3. The smallest absolute Gasteiger partial charge is 0.475 e. The van der Waals surface area contributed by atoms with Gasteiger partial charge in [-0.3, -0.25) is 0 Å². The van der Waals surface area contributed by atoms with Crippen molar-refractivity contribution in [1.29, 1.82) is 0 Å². The number of carboxylic acid groups (broad SMARTS) is 1. The molecule has 2 N–H and O–H groups in total. The van der Waals surface area contributed by atoms with Crippen LogP contribution in [-0.4, -0.2) is 49.1 Å². The summed E-state index contributed by atoms with van der Waals surface area (Å²) in [6, 6.07) is 14.4. The fourth-order valence-electron chi connectivity index (χ4n) is 3.69. The third kappa shape index (κ3) is 7.22. The minimum absolute atomic E-state index is 0.400. The Balaban J connectivity index is 0.000000517. The summed E-state index contributed by atoms with van der Waals surface area (Å²) in [5, 5.41) is 19.5. The number of aliphatic carboxylic acids is 1. The maximum atomic E-state index is 12.9. The summed E-state index contributed by atoms with van der Waals surface area (Å²) in [5.41, 5.74) is 2.30. The molecular weight excluding hydrogens is 570 g/mol. The number of benzene rings is 2. The number of rotatable bonds is 2. The van der Waals surface area contributed by atoms with Gasteiger partial charge in [-0.1, -0.05) is 24.1 Å². The van der Waals surface area contributed by atoms with Crippen LogP contribution in [0, 0.1) is 11.8 Å². The lowest BCUT2D eigenvalue weighted by Crippen LogP contribution is -2.31. The second-order valence-electron chi connectivity index (χ2n) is 8.51. The lowest BCUT2D eigenvalue weighted by atomic mass is 10.0. The van der Waals surface area contributed by atoms with Crippen LogP contribution in [0.4, 0.5) is 36.8 Å². The molecule has 1 aliphatic heterocycles. The number of imidazole rings is 1. The second-order valence-corrected chi connectivity index (χ2v) is 8.51. The van der Waals surface area contributed by atoms with Crippen LogP contribution < -0.4 is 5.32 Å². The summed E-state index contributed by atoms with van der Waals surface area (Å²) in [6.45, 7) is 0.